The van der Waals surface area contributed by atoms with Gasteiger partial charge in [0.05, 0.1) is 5.56 Å². The van der Waals surface area contributed by atoms with E-state index in [0.29, 0.717) is 11.4 Å². The molecule has 0 bridgehead atoms. The second-order valence-electron chi connectivity index (χ2n) is 4.00. The van der Waals surface area contributed by atoms with Crippen LogP contribution in [-0.4, -0.2) is 20.9 Å². The summed E-state index contributed by atoms with van der Waals surface area (Å²) >= 11 is 0. The molecule has 0 aliphatic rings. The van der Waals surface area contributed by atoms with Crippen LogP contribution in [0.2, 0.25) is 0 Å². The van der Waals surface area contributed by atoms with Crippen LogP contribution < -0.4 is 16.6 Å². The summed E-state index contributed by atoms with van der Waals surface area (Å²) in [5, 5.41) is 2.62. The van der Waals surface area contributed by atoms with Crippen LogP contribution in [0.3, 0.4) is 0 Å². The predicted molar refractivity (Wildman–Crippen MR) is 71.5 cm³/mol. The molecular formula is C12H14N6O. The highest BCUT2D eigenvalue weighted by Gasteiger charge is 2.09. The van der Waals surface area contributed by atoms with Crippen LogP contribution in [0.15, 0.2) is 24.4 Å². The topological polar surface area (TPSA) is 106 Å². The molecule has 0 aromatic carbocycles. The average molecular weight is 258 g/mol. The van der Waals surface area contributed by atoms with Crippen LogP contribution in [-0.2, 0) is 0 Å². The van der Waals surface area contributed by atoms with Gasteiger partial charge in [0.25, 0.3) is 5.91 Å². The third kappa shape index (κ3) is 3.23. The molecule has 7 nitrogen and oxygen atoms in total. The van der Waals surface area contributed by atoms with E-state index < -0.39 is 0 Å². The van der Waals surface area contributed by atoms with Crippen molar-refractivity contribution in [3.8, 4) is 0 Å². The highest BCUT2D eigenvalue weighted by Crippen LogP contribution is 2.08. The van der Waals surface area contributed by atoms with Crippen molar-refractivity contribution >= 4 is 17.7 Å². The summed E-state index contributed by atoms with van der Waals surface area (Å²) in [6.45, 7) is 3.68. The van der Waals surface area contributed by atoms with Gasteiger partial charge in [-0.15, -0.1) is 0 Å². The first-order valence-electron chi connectivity index (χ1n) is 5.65. The quantitative estimate of drug-likeness (QED) is 0.560. The van der Waals surface area contributed by atoms with Crippen molar-refractivity contribution in [2.24, 2.45) is 5.84 Å². The zero-order chi connectivity index (χ0) is 13.8. The van der Waals surface area contributed by atoms with Gasteiger partial charge >= 0.3 is 0 Å². The smallest absolute Gasteiger partial charge is 0.259 e. The summed E-state index contributed by atoms with van der Waals surface area (Å²) in [5.41, 5.74) is 4.38. The summed E-state index contributed by atoms with van der Waals surface area (Å²) in [6.07, 6.45) is 1.42. The largest absolute Gasteiger partial charge is 0.308 e. The van der Waals surface area contributed by atoms with Crippen LogP contribution in [0.25, 0.3) is 0 Å². The molecule has 0 radical (unpaired) electrons. The van der Waals surface area contributed by atoms with Crippen molar-refractivity contribution in [2.75, 3.05) is 10.7 Å². The summed E-state index contributed by atoms with van der Waals surface area (Å²) in [4.78, 5) is 24.2. The number of aryl methyl sites for hydroxylation is 2. The summed E-state index contributed by atoms with van der Waals surface area (Å²) in [5.74, 6) is 5.65. The Morgan fingerprint density at radius 3 is 2.42 bits per heavy atom. The van der Waals surface area contributed by atoms with Crippen molar-refractivity contribution in [3.63, 3.8) is 0 Å². The number of carbonyl (C=O) groups excluding carboxylic acids is 1. The van der Waals surface area contributed by atoms with Crippen LogP contribution in [0.4, 0.5) is 11.8 Å². The summed E-state index contributed by atoms with van der Waals surface area (Å²) < 4.78 is 0. The van der Waals surface area contributed by atoms with Crippen LogP contribution in [0.5, 0.6) is 0 Å². The first-order valence-corrected chi connectivity index (χ1v) is 5.65. The van der Waals surface area contributed by atoms with E-state index in [2.05, 4.69) is 25.7 Å². The Kier molecular flexibility index (Phi) is 3.67. The van der Waals surface area contributed by atoms with E-state index in [9.17, 15) is 4.79 Å². The monoisotopic (exact) mass is 258 g/mol. The van der Waals surface area contributed by atoms with E-state index in [-0.39, 0.29) is 11.9 Å². The SMILES string of the molecule is Cc1cc(C)nc(NC(=O)c2ccc(NN)nc2)n1. The van der Waals surface area contributed by atoms with Gasteiger partial charge < -0.3 is 5.43 Å². The molecule has 98 valence electrons. The molecule has 7 heteroatoms. The van der Waals surface area contributed by atoms with E-state index >= 15 is 0 Å². The molecule has 0 saturated carbocycles. The zero-order valence-electron chi connectivity index (χ0n) is 10.6. The Morgan fingerprint density at radius 2 is 1.89 bits per heavy atom. The normalized spacial score (nSPS) is 10.1. The van der Waals surface area contributed by atoms with E-state index in [4.69, 9.17) is 5.84 Å². The molecule has 0 fully saturated rings. The van der Waals surface area contributed by atoms with Gasteiger partial charge in [0.2, 0.25) is 5.95 Å². The number of carbonyl (C=O) groups is 1. The minimum absolute atomic E-state index is 0.281. The highest BCUT2D eigenvalue weighted by molar-refractivity contribution is 6.03. The van der Waals surface area contributed by atoms with Gasteiger partial charge in [-0.25, -0.2) is 20.8 Å². The first-order chi connectivity index (χ1) is 9.08. The van der Waals surface area contributed by atoms with Crippen LogP contribution in [0.1, 0.15) is 21.7 Å². The number of hydrogen-bond acceptors (Lipinski definition) is 6. The maximum atomic E-state index is 12.0. The maximum Gasteiger partial charge on any atom is 0.259 e. The zero-order valence-corrected chi connectivity index (χ0v) is 10.6. The molecule has 1 amide bonds. The van der Waals surface area contributed by atoms with Gasteiger partial charge in [-0.3, -0.25) is 10.1 Å². The molecule has 0 atom stereocenters. The molecule has 2 rings (SSSR count). The van der Waals surface area contributed by atoms with Gasteiger partial charge in [-0.2, -0.15) is 0 Å². The van der Waals surface area contributed by atoms with Crippen molar-refractivity contribution in [1.82, 2.24) is 15.0 Å². The van der Waals surface area contributed by atoms with E-state index in [1.54, 1.807) is 12.1 Å². The molecule has 0 aliphatic heterocycles. The standard InChI is InChI=1S/C12H14N6O/c1-7-5-8(2)16-12(15-7)17-11(19)9-3-4-10(18-13)14-6-9/h3-6H,13H2,1-2H3,(H,14,18)(H,15,16,17,19). The number of hydrazine groups is 1. The lowest BCUT2D eigenvalue weighted by Gasteiger charge is -2.06. The highest BCUT2D eigenvalue weighted by atomic mass is 16.1. The number of amides is 1. The van der Waals surface area contributed by atoms with Crippen molar-refractivity contribution in [1.29, 1.82) is 0 Å². The number of aromatic nitrogens is 3. The molecule has 2 aromatic rings. The van der Waals surface area contributed by atoms with Crippen LogP contribution >= 0.6 is 0 Å². The molecule has 0 spiro atoms. The fourth-order valence-corrected chi connectivity index (χ4v) is 1.57. The third-order valence-corrected chi connectivity index (χ3v) is 2.38. The molecule has 2 heterocycles. The van der Waals surface area contributed by atoms with E-state index in [1.165, 1.54) is 6.20 Å². The number of rotatable bonds is 3. The lowest BCUT2D eigenvalue weighted by Crippen LogP contribution is -2.16. The Labute approximate surface area is 110 Å². The number of nitrogen functional groups attached to an aromatic ring is 1. The van der Waals surface area contributed by atoms with Crippen molar-refractivity contribution in [2.45, 2.75) is 13.8 Å². The Hall–Kier alpha value is -2.54. The first kappa shape index (κ1) is 12.9. The Bertz CT molecular complexity index is 575. The third-order valence-electron chi connectivity index (χ3n) is 2.38. The number of anilines is 2. The fourth-order valence-electron chi connectivity index (χ4n) is 1.57. The lowest BCUT2D eigenvalue weighted by atomic mass is 10.2. The van der Waals surface area contributed by atoms with Crippen molar-refractivity contribution in [3.05, 3.63) is 41.3 Å². The fraction of sp³-hybridized carbons (Fsp3) is 0.167. The van der Waals surface area contributed by atoms with E-state index in [0.717, 1.165) is 11.4 Å². The summed E-state index contributed by atoms with van der Waals surface area (Å²) in [7, 11) is 0. The molecule has 2 aromatic heterocycles. The Balaban J connectivity index is 2.15. The summed E-state index contributed by atoms with van der Waals surface area (Å²) in [6, 6.07) is 5.05. The number of nitrogens with one attached hydrogen (secondary N) is 2. The number of hydrogen-bond donors (Lipinski definition) is 3. The molecule has 19 heavy (non-hydrogen) atoms. The minimum Gasteiger partial charge on any atom is -0.308 e. The maximum absolute atomic E-state index is 12.0. The molecule has 4 N–H and O–H groups in total. The van der Waals surface area contributed by atoms with Gasteiger partial charge in [-0.05, 0) is 32.0 Å². The van der Waals surface area contributed by atoms with E-state index in [1.807, 2.05) is 19.9 Å². The van der Waals surface area contributed by atoms with Gasteiger partial charge in [0, 0.05) is 17.6 Å². The number of nitrogens with zero attached hydrogens (tertiary/aromatic N) is 3. The molecule has 0 unspecified atom stereocenters. The van der Waals surface area contributed by atoms with Gasteiger partial charge in [0.1, 0.15) is 5.82 Å². The molecule has 0 saturated heterocycles. The van der Waals surface area contributed by atoms with Crippen molar-refractivity contribution < 1.29 is 4.79 Å². The average Bonchev–Trinajstić information content (AvgIpc) is 2.37. The molecular weight excluding hydrogens is 244 g/mol. The van der Waals surface area contributed by atoms with Crippen LogP contribution in [0, 0.1) is 13.8 Å². The van der Waals surface area contributed by atoms with Gasteiger partial charge in [0.15, 0.2) is 0 Å². The second-order valence-corrected chi connectivity index (χ2v) is 4.00. The lowest BCUT2D eigenvalue weighted by molar-refractivity contribution is 0.102. The van der Waals surface area contributed by atoms with Gasteiger partial charge in [-0.1, -0.05) is 0 Å². The Morgan fingerprint density at radius 1 is 1.21 bits per heavy atom. The number of pyridine rings is 1. The minimum atomic E-state index is -0.318. The second kappa shape index (κ2) is 5.40. The molecule has 0 aliphatic carbocycles. The number of nitrogens with two attached hydrogens (primary N) is 1. The predicted octanol–water partition coefficient (Wildman–Crippen LogP) is 1.03.